The zero-order chi connectivity index (χ0) is 13.3. The van der Waals surface area contributed by atoms with Crippen LogP contribution in [0.2, 0.25) is 10.0 Å². The molecule has 0 bridgehead atoms. The molecule has 1 aromatic carbocycles. The van der Waals surface area contributed by atoms with Gasteiger partial charge in [-0.2, -0.15) is 8.75 Å². The molecule has 2 rings (SSSR count). The molecule has 0 aliphatic carbocycles. The fourth-order valence-electron chi connectivity index (χ4n) is 1.23. The van der Waals surface area contributed by atoms with E-state index in [0.717, 1.165) is 11.7 Å². The molecule has 1 heterocycles. The number of nitrogens with zero attached hydrogens (tertiary/aromatic N) is 2. The van der Waals surface area contributed by atoms with Crippen LogP contribution in [0.5, 0.6) is 0 Å². The Labute approximate surface area is 115 Å². The Morgan fingerprint density at radius 1 is 1.17 bits per heavy atom. The predicted molar refractivity (Wildman–Crippen MR) is 68.4 cm³/mol. The Morgan fingerprint density at radius 2 is 1.83 bits per heavy atom. The van der Waals surface area contributed by atoms with E-state index in [0.29, 0.717) is 16.1 Å². The molecule has 0 radical (unpaired) electrons. The van der Waals surface area contributed by atoms with Crippen LogP contribution in [-0.4, -0.2) is 20.6 Å². The monoisotopic (exact) mass is 305 g/mol. The second-order valence-corrected chi connectivity index (χ2v) is 4.45. The lowest BCUT2D eigenvalue weighted by atomic mass is 10.2. The van der Waals surface area contributed by atoms with Gasteiger partial charge in [0.15, 0.2) is 0 Å². The van der Waals surface area contributed by atoms with Crippen molar-refractivity contribution in [3.8, 4) is 0 Å². The summed E-state index contributed by atoms with van der Waals surface area (Å²) >= 11 is 12.8. The van der Waals surface area contributed by atoms with E-state index in [9.17, 15) is 9.59 Å². The third kappa shape index (κ3) is 2.23. The van der Waals surface area contributed by atoms with Crippen LogP contribution in [-0.2, 0) is 9.59 Å². The summed E-state index contributed by atoms with van der Waals surface area (Å²) in [5, 5.41) is 2.76. The number of anilines is 1. The molecule has 2 aromatic rings. The minimum Gasteiger partial charge on any atom is -0.314 e. The first-order chi connectivity index (χ1) is 8.54. The fraction of sp³-hybridized carbons (Fsp3) is 0. The largest absolute Gasteiger partial charge is 0.323 e. The smallest absolute Gasteiger partial charge is 0.314 e. The molecule has 10 heteroatoms. The number of hydrazine groups is 1. The maximum Gasteiger partial charge on any atom is 0.323 e. The number of hydrogen-bond donors (Lipinski definition) is 3. The van der Waals surface area contributed by atoms with Crippen LogP contribution < -0.4 is 16.6 Å². The molecule has 0 spiro atoms. The highest BCUT2D eigenvalue weighted by Gasteiger charge is 2.19. The standard InChI is InChI=1S/C8H5Cl2N5O2S/c9-2-1-3(10)5-6(15-18-14-5)4(2)12-7(16)8(17)13-11/h1H,11H2,(H,12,16)(H,13,17). The van der Waals surface area contributed by atoms with Crippen LogP contribution in [0.25, 0.3) is 11.0 Å². The van der Waals surface area contributed by atoms with E-state index in [1.54, 1.807) is 5.43 Å². The lowest BCUT2D eigenvalue weighted by molar-refractivity contribution is -0.136. The molecule has 7 nitrogen and oxygen atoms in total. The summed E-state index contributed by atoms with van der Waals surface area (Å²) in [6, 6.07) is 1.41. The molecule has 0 fully saturated rings. The Kier molecular flexibility index (Phi) is 3.62. The second kappa shape index (κ2) is 5.02. The quantitative estimate of drug-likeness (QED) is 0.314. The van der Waals surface area contributed by atoms with Crippen molar-refractivity contribution in [3.63, 3.8) is 0 Å². The van der Waals surface area contributed by atoms with E-state index < -0.39 is 11.8 Å². The molecule has 1 aromatic heterocycles. The summed E-state index contributed by atoms with van der Waals surface area (Å²) in [6.07, 6.45) is 0. The Bertz CT molecular complexity index is 644. The summed E-state index contributed by atoms with van der Waals surface area (Å²) in [6.45, 7) is 0. The Hall–Kier alpha value is -1.48. The highest BCUT2D eigenvalue weighted by atomic mass is 35.5. The van der Waals surface area contributed by atoms with Gasteiger partial charge in [0, 0.05) is 0 Å². The van der Waals surface area contributed by atoms with Gasteiger partial charge in [-0.15, -0.1) is 0 Å². The first kappa shape index (κ1) is 13.0. The van der Waals surface area contributed by atoms with Gasteiger partial charge in [-0.1, -0.05) is 23.2 Å². The molecule has 0 atom stereocenters. The molecular formula is C8H5Cl2N5O2S. The third-order valence-corrected chi connectivity index (χ3v) is 3.13. The number of rotatable bonds is 1. The van der Waals surface area contributed by atoms with Gasteiger partial charge in [0.1, 0.15) is 11.0 Å². The second-order valence-electron chi connectivity index (χ2n) is 3.10. The SMILES string of the molecule is NNC(=O)C(=O)Nc1c(Cl)cc(Cl)c2nsnc12. The van der Waals surface area contributed by atoms with E-state index in [-0.39, 0.29) is 10.7 Å². The lowest BCUT2D eigenvalue weighted by Gasteiger charge is -2.07. The highest BCUT2D eigenvalue weighted by Crippen LogP contribution is 2.35. The molecule has 2 amide bonds. The van der Waals surface area contributed by atoms with Crippen molar-refractivity contribution in [2.24, 2.45) is 5.84 Å². The van der Waals surface area contributed by atoms with Crippen molar-refractivity contribution in [3.05, 3.63) is 16.1 Å². The molecule has 0 unspecified atom stereocenters. The molecule has 94 valence electrons. The average Bonchev–Trinajstić information content (AvgIpc) is 2.82. The third-order valence-electron chi connectivity index (χ3n) is 2.02. The molecule has 0 aliphatic rings. The minimum atomic E-state index is -1.00. The topological polar surface area (TPSA) is 110 Å². The van der Waals surface area contributed by atoms with E-state index in [1.807, 2.05) is 0 Å². The summed E-state index contributed by atoms with van der Waals surface area (Å²) < 4.78 is 7.92. The zero-order valence-electron chi connectivity index (χ0n) is 8.53. The van der Waals surface area contributed by atoms with Gasteiger partial charge in [-0.05, 0) is 6.07 Å². The number of nitrogens with two attached hydrogens (primary N) is 1. The van der Waals surface area contributed by atoms with Crippen molar-refractivity contribution in [1.29, 1.82) is 0 Å². The number of amides is 2. The van der Waals surface area contributed by atoms with Crippen molar-refractivity contribution < 1.29 is 9.59 Å². The van der Waals surface area contributed by atoms with Gasteiger partial charge in [-0.25, -0.2) is 5.84 Å². The van der Waals surface area contributed by atoms with E-state index in [1.165, 1.54) is 6.07 Å². The van der Waals surface area contributed by atoms with Gasteiger partial charge in [0.25, 0.3) is 0 Å². The number of aromatic nitrogens is 2. The first-order valence-corrected chi connectivity index (χ1v) is 5.95. The van der Waals surface area contributed by atoms with Gasteiger partial charge in [-0.3, -0.25) is 15.0 Å². The first-order valence-electron chi connectivity index (χ1n) is 4.46. The van der Waals surface area contributed by atoms with Crippen LogP contribution in [0.1, 0.15) is 0 Å². The zero-order valence-corrected chi connectivity index (χ0v) is 10.9. The molecule has 0 saturated heterocycles. The number of nitrogens with one attached hydrogen (secondary N) is 2. The van der Waals surface area contributed by atoms with Crippen molar-refractivity contribution in [1.82, 2.24) is 14.2 Å². The Balaban J connectivity index is 2.48. The highest BCUT2D eigenvalue weighted by molar-refractivity contribution is 7.00. The molecular weight excluding hydrogens is 301 g/mol. The maximum absolute atomic E-state index is 11.4. The number of carbonyl (C=O) groups excluding carboxylic acids is 2. The van der Waals surface area contributed by atoms with E-state index >= 15 is 0 Å². The van der Waals surface area contributed by atoms with Gasteiger partial charge in [0.2, 0.25) is 0 Å². The molecule has 4 N–H and O–H groups in total. The van der Waals surface area contributed by atoms with Crippen LogP contribution in [0, 0.1) is 0 Å². The molecule has 18 heavy (non-hydrogen) atoms. The van der Waals surface area contributed by atoms with Crippen molar-refractivity contribution in [2.75, 3.05) is 5.32 Å². The number of halogens is 2. The van der Waals surface area contributed by atoms with E-state index in [2.05, 4.69) is 14.1 Å². The fourth-order valence-corrected chi connectivity index (χ4v) is 2.39. The van der Waals surface area contributed by atoms with Crippen LogP contribution in [0.4, 0.5) is 5.69 Å². The summed E-state index contributed by atoms with van der Waals surface area (Å²) in [5.74, 6) is 2.88. The minimum absolute atomic E-state index is 0.151. The predicted octanol–water partition coefficient (Wildman–Crippen LogP) is 0.926. The summed E-state index contributed by atoms with van der Waals surface area (Å²) in [5.41, 5.74) is 2.58. The number of fused-ring (bicyclic) bond motifs is 1. The normalized spacial score (nSPS) is 10.4. The maximum atomic E-state index is 11.4. The number of hydrogen-bond acceptors (Lipinski definition) is 6. The summed E-state index contributed by atoms with van der Waals surface area (Å²) in [7, 11) is 0. The number of benzene rings is 1. The number of carbonyl (C=O) groups is 2. The van der Waals surface area contributed by atoms with Crippen LogP contribution >= 0.6 is 34.9 Å². The average molecular weight is 306 g/mol. The Morgan fingerprint density at radius 3 is 2.50 bits per heavy atom. The van der Waals surface area contributed by atoms with Gasteiger partial charge >= 0.3 is 11.8 Å². The van der Waals surface area contributed by atoms with Gasteiger partial charge < -0.3 is 5.32 Å². The summed E-state index contributed by atoms with van der Waals surface area (Å²) in [4.78, 5) is 22.4. The van der Waals surface area contributed by atoms with Crippen LogP contribution in [0.15, 0.2) is 6.07 Å². The lowest BCUT2D eigenvalue weighted by Crippen LogP contribution is -2.39. The van der Waals surface area contributed by atoms with Crippen molar-refractivity contribution >= 4 is 63.5 Å². The molecule has 0 aliphatic heterocycles. The van der Waals surface area contributed by atoms with Crippen molar-refractivity contribution in [2.45, 2.75) is 0 Å². The van der Waals surface area contributed by atoms with Gasteiger partial charge in [0.05, 0.1) is 27.5 Å². The molecule has 0 saturated carbocycles. The van der Waals surface area contributed by atoms with Crippen LogP contribution in [0.3, 0.4) is 0 Å². The van der Waals surface area contributed by atoms with E-state index in [4.69, 9.17) is 29.0 Å².